The monoisotopic (exact) mass is 344 g/mol. The number of aryl methyl sites for hydroxylation is 1. The lowest BCUT2D eigenvalue weighted by atomic mass is 10.1. The van der Waals surface area contributed by atoms with Gasteiger partial charge in [0.1, 0.15) is 12.4 Å². The Morgan fingerprint density at radius 3 is 2.26 bits per heavy atom. The fourth-order valence-corrected chi connectivity index (χ4v) is 2.50. The van der Waals surface area contributed by atoms with Gasteiger partial charge in [0, 0.05) is 16.3 Å². The molecule has 1 aromatic heterocycles. The predicted octanol–water partition coefficient (Wildman–Crippen LogP) is 5.34. The quantitative estimate of drug-likeness (QED) is 0.599. The molecule has 3 nitrogen and oxygen atoms in total. The highest BCUT2D eigenvalue weighted by atomic mass is 35.5. The number of rotatable bonds is 4. The largest absolute Gasteiger partial charge is 0.489 e. The first-order valence-corrected chi connectivity index (χ1v) is 7.84. The summed E-state index contributed by atoms with van der Waals surface area (Å²) >= 11 is 11.8. The summed E-state index contributed by atoms with van der Waals surface area (Å²) in [6.07, 6.45) is 0. The zero-order valence-electron chi connectivity index (χ0n) is 12.5. The van der Waals surface area contributed by atoms with Crippen LogP contribution in [-0.2, 0) is 6.61 Å². The van der Waals surface area contributed by atoms with Gasteiger partial charge in [-0.2, -0.15) is 0 Å². The number of ether oxygens (including phenoxy) is 1. The zero-order chi connectivity index (χ0) is 16.2. The summed E-state index contributed by atoms with van der Waals surface area (Å²) in [5.41, 5.74) is 3.67. The van der Waals surface area contributed by atoms with Crippen LogP contribution in [0.4, 0.5) is 0 Å². The second-order valence-electron chi connectivity index (χ2n) is 5.10. The third kappa shape index (κ3) is 4.21. The summed E-state index contributed by atoms with van der Waals surface area (Å²) in [6, 6.07) is 17.2. The molecule has 0 aliphatic carbocycles. The van der Waals surface area contributed by atoms with Crippen LogP contribution in [0.2, 0.25) is 10.3 Å². The highest BCUT2D eigenvalue weighted by molar-refractivity contribution is 6.30. The Kier molecular flexibility index (Phi) is 4.79. The van der Waals surface area contributed by atoms with E-state index in [1.165, 1.54) is 0 Å². The molecule has 23 heavy (non-hydrogen) atoms. The maximum Gasteiger partial charge on any atom is 0.223 e. The molecule has 0 bridgehead atoms. The van der Waals surface area contributed by atoms with Gasteiger partial charge in [0.25, 0.3) is 0 Å². The van der Waals surface area contributed by atoms with Crippen molar-refractivity contribution < 1.29 is 4.74 Å². The van der Waals surface area contributed by atoms with E-state index in [0.29, 0.717) is 6.61 Å². The topological polar surface area (TPSA) is 35.0 Å². The smallest absolute Gasteiger partial charge is 0.223 e. The molecule has 0 radical (unpaired) electrons. The molecule has 0 atom stereocenters. The molecule has 3 rings (SSSR count). The molecular formula is C18H14Cl2N2O. The van der Waals surface area contributed by atoms with E-state index < -0.39 is 0 Å². The molecule has 0 amide bonds. The summed E-state index contributed by atoms with van der Waals surface area (Å²) in [7, 11) is 0. The molecule has 1 heterocycles. The van der Waals surface area contributed by atoms with Crippen LogP contribution in [0.5, 0.6) is 5.75 Å². The maximum absolute atomic E-state index is 5.90. The van der Waals surface area contributed by atoms with Gasteiger partial charge >= 0.3 is 0 Å². The van der Waals surface area contributed by atoms with Gasteiger partial charge in [-0.25, -0.2) is 9.97 Å². The highest BCUT2D eigenvalue weighted by Gasteiger charge is 2.04. The minimum absolute atomic E-state index is 0.253. The number of hydrogen-bond donors (Lipinski definition) is 0. The summed E-state index contributed by atoms with van der Waals surface area (Å²) < 4.78 is 5.77. The molecule has 2 aromatic carbocycles. The maximum atomic E-state index is 5.90. The van der Waals surface area contributed by atoms with E-state index in [4.69, 9.17) is 27.9 Å². The summed E-state index contributed by atoms with van der Waals surface area (Å²) in [5.74, 6) is 0.792. The van der Waals surface area contributed by atoms with Crippen LogP contribution < -0.4 is 4.74 Å². The molecule has 3 aromatic rings. The molecular weight excluding hydrogens is 331 g/mol. The number of nitrogens with zero attached hydrogens (tertiary/aromatic N) is 2. The third-order valence-electron chi connectivity index (χ3n) is 3.30. The molecule has 0 spiro atoms. The van der Waals surface area contributed by atoms with E-state index in [-0.39, 0.29) is 5.28 Å². The second kappa shape index (κ2) is 6.99. The first-order chi connectivity index (χ1) is 11.1. The Hall–Kier alpha value is -2.10. The van der Waals surface area contributed by atoms with E-state index in [2.05, 4.69) is 9.97 Å². The van der Waals surface area contributed by atoms with Crippen molar-refractivity contribution in [3.63, 3.8) is 0 Å². The Morgan fingerprint density at radius 1 is 0.913 bits per heavy atom. The normalized spacial score (nSPS) is 10.6. The Bertz CT molecular complexity index is 782. The Morgan fingerprint density at radius 2 is 1.61 bits per heavy atom. The average Bonchev–Trinajstić information content (AvgIpc) is 2.54. The summed E-state index contributed by atoms with van der Waals surface area (Å²) in [4.78, 5) is 8.30. The number of hydrogen-bond acceptors (Lipinski definition) is 3. The molecule has 0 aliphatic rings. The SMILES string of the molecule is Cc1cc(-c2ccc(OCc3ccc(Cl)cc3)cc2)nc(Cl)n1. The molecule has 5 heteroatoms. The van der Waals surface area contributed by atoms with Crippen molar-refractivity contribution in [2.75, 3.05) is 0 Å². The standard InChI is InChI=1S/C18H14Cl2N2O/c1-12-10-17(22-18(20)21-12)14-4-8-16(9-5-14)23-11-13-2-6-15(19)7-3-13/h2-10H,11H2,1H3. The van der Waals surface area contributed by atoms with Crippen molar-refractivity contribution >= 4 is 23.2 Å². The second-order valence-corrected chi connectivity index (χ2v) is 5.88. The van der Waals surface area contributed by atoms with Crippen LogP contribution >= 0.6 is 23.2 Å². The Balaban J connectivity index is 1.70. The van der Waals surface area contributed by atoms with Gasteiger partial charge in [-0.3, -0.25) is 0 Å². The predicted molar refractivity (Wildman–Crippen MR) is 93.0 cm³/mol. The van der Waals surface area contributed by atoms with Gasteiger partial charge in [0.2, 0.25) is 5.28 Å². The highest BCUT2D eigenvalue weighted by Crippen LogP contribution is 2.23. The van der Waals surface area contributed by atoms with Crippen LogP contribution in [0.1, 0.15) is 11.3 Å². The lowest BCUT2D eigenvalue weighted by Crippen LogP contribution is -1.95. The fraction of sp³-hybridized carbons (Fsp3) is 0.111. The minimum Gasteiger partial charge on any atom is -0.489 e. The van der Waals surface area contributed by atoms with Crippen molar-refractivity contribution in [1.29, 1.82) is 0 Å². The third-order valence-corrected chi connectivity index (χ3v) is 3.72. The van der Waals surface area contributed by atoms with Crippen LogP contribution in [0.3, 0.4) is 0 Å². The van der Waals surface area contributed by atoms with Gasteiger partial charge in [0.05, 0.1) is 5.69 Å². The lowest BCUT2D eigenvalue weighted by Gasteiger charge is -2.08. The van der Waals surface area contributed by atoms with Crippen LogP contribution in [0.15, 0.2) is 54.6 Å². The first kappa shape index (κ1) is 15.8. The van der Waals surface area contributed by atoms with Gasteiger partial charge in [-0.15, -0.1) is 0 Å². The fourth-order valence-electron chi connectivity index (χ4n) is 2.15. The Labute approximate surface area is 144 Å². The number of aromatic nitrogens is 2. The van der Waals surface area contributed by atoms with Gasteiger partial charge in [0.15, 0.2) is 0 Å². The van der Waals surface area contributed by atoms with Crippen molar-refractivity contribution in [3.05, 3.63) is 76.2 Å². The first-order valence-electron chi connectivity index (χ1n) is 7.09. The lowest BCUT2D eigenvalue weighted by molar-refractivity contribution is 0.306. The van der Waals surface area contributed by atoms with Crippen molar-refractivity contribution in [2.24, 2.45) is 0 Å². The zero-order valence-corrected chi connectivity index (χ0v) is 14.0. The number of halogens is 2. The van der Waals surface area contributed by atoms with Crippen LogP contribution in [-0.4, -0.2) is 9.97 Å². The van der Waals surface area contributed by atoms with Gasteiger partial charge in [-0.05, 0) is 66.6 Å². The van der Waals surface area contributed by atoms with E-state index >= 15 is 0 Å². The molecule has 0 unspecified atom stereocenters. The van der Waals surface area contributed by atoms with E-state index in [1.54, 1.807) is 0 Å². The van der Waals surface area contributed by atoms with Crippen molar-refractivity contribution in [2.45, 2.75) is 13.5 Å². The van der Waals surface area contributed by atoms with Gasteiger partial charge in [-0.1, -0.05) is 23.7 Å². The van der Waals surface area contributed by atoms with Crippen molar-refractivity contribution in [1.82, 2.24) is 9.97 Å². The van der Waals surface area contributed by atoms with Crippen LogP contribution in [0, 0.1) is 6.92 Å². The van der Waals surface area contributed by atoms with E-state index in [0.717, 1.165) is 33.3 Å². The molecule has 0 fully saturated rings. The molecule has 116 valence electrons. The van der Waals surface area contributed by atoms with E-state index in [1.807, 2.05) is 61.5 Å². The van der Waals surface area contributed by atoms with Crippen LogP contribution in [0.25, 0.3) is 11.3 Å². The summed E-state index contributed by atoms with van der Waals surface area (Å²) in [6.45, 7) is 2.38. The molecule has 0 saturated heterocycles. The van der Waals surface area contributed by atoms with Crippen molar-refractivity contribution in [3.8, 4) is 17.0 Å². The molecule has 0 saturated carbocycles. The summed E-state index contributed by atoms with van der Waals surface area (Å²) in [5, 5.41) is 0.972. The van der Waals surface area contributed by atoms with E-state index in [9.17, 15) is 0 Å². The average molecular weight is 345 g/mol. The molecule has 0 aliphatic heterocycles. The minimum atomic E-state index is 0.253. The molecule has 0 N–H and O–H groups in total. The van der Waals surface area contributed by atoms with Gasteiger partial charge < -0.3 is 4.74 Å². The number of benzene rings is 2.